The van der Waals surface area contributed by atoms with E-state index in [1.165, 1.54) is 30.1 Å². The van der Waals surface area contributed by atoms with Gasteiger partial charge in [0.15, 0.2) is 0 Å². The number of unbranched alkanes of at least 4 members (excludes halogenated alkanes) is 3. The van der Waals surface area contributed by atoms with E-state index in [0.29, 0.717) is 0 Å². The average molecular weight is 379 g/mol. The Morgan fingerprint density at radius 2 is 1.43 bits per heavy atom. The molecule has 0 saturated heterocycles. The Bertz CT molecular complexity index is 92.1. The fourth-order valence-electron chi connectivity index (χ4n) is 1.03. The van der Waals surface area contributed by atoms with Gasteiger partial charge in [-0.3, -0.25) is 0 Å². The minimum atomic E-state index is 0.722. The molecular formula is C10H20BrIO2. The molecule has 0 saturated carbocycles. The Hall–Kier alpha value is 1.13. The molecule has 0 heterocycles. The summed E-state index contributed by atoms with van der Waals surface area (Å²) in [4.78, 5) is 0. The zero-order valence-corrected chi connectivity index (χ0v) is 12.4. The van der Waals surface area contributed by atoms with Crippen molar-refractivity contribution in [3.05, 3.63) is 0 Å². The normalized spacial score (nSPS) is 10.7. The van der Waals surface area contributed by atoms with Crippen LogP contribution in [0.3, 0.4) is 0 Å². The number of hydrogen-bond acceptors (Lipinski definition) is 2. The largest absolute Gasteiger partial charge is 0.379 e. The molecule has 4 heteroatoms. The molecule has 0 aromatic carbocycles. The molecule has 0 aliphatic rings. The van der Waals surface area contributed by atoms with Gasteiger partial charge in [-0.25, -0.2) is 0 Å². The molecule has 0 aliphatic heterocycles. The van der Waals surface area contributed by atoms with Crippen LogP contribution in [0.2, 0.25) is 0 Å². The molecule has 0 aromatic rings. The van der Waals surface area contributed by atoms with Crippen LogP contribution in [0.5, 0.6) is 0 Å². The van der Waals surface area contributed by atoms with E-state index >= 15 is 0 Å². The highest BCUT2D eigenvalue weighted by atomic mass is 127. The second-order valence-corrected chi connectivity index (χ2v) is 4.89. The van der Waals surface area contributed by atoms with Crippen molar-refractivity contribution in [3.63, 3.8) is 0 Å². The van der Waals surface area contributed by atoms with Gasteiger partial charge in [-0.2, -0.15) is 0 Å². The molecule has 0 atom stereocenters. The second kappa shape index (κ2) is 14.1. The lowest BCUT2D eigenvalue weighted by Gasteiger charge is -2.04. The summed E-state index contributed by atoms with van der Waals surface area (Å²) in [5.41, 5.74) is 0. The van der Waals surface area contributed by atoms with Crippen LogP contribution in [0.15, 0.2) is 0 Å². The second-order valence-electron chi connectivity index (χ2n) is 3.02. The Kier molecular flexibility index (Phi) is 15.3. The van der Waals surface area contributed by atoms with Gasteiger partial charge >= 0.3 is 0 Å². The lowest BCUT2D eigenvalue weighted by atomic mass is 10.2. The van der Waals surface area contributed by atoms with Crippen molar-refractivity contribution >= 4 is 38.5 Å². The molecule has 0 aromatic heterocycles. The zero-order chi connectivity index (χ0) is 10.5. The molecule has 14 heavy (non-hydrogen) atoms. The van der Waals surface area contributed by atoms with E-state index in [1.54, 1.807) is 0 Å². The fraction of sp³-hybridized carbons (Fsp3) is 1.00. The van der Waals surface area contributed by atoms with Gasteiger partial charge in [-0.15, -0.1) is 0 Å². The average Bonchev–Trinajstić information content (AvgIpc) is 2.21. The molecule has 0 amide bonds. The third kappa shape index (κ3) is 13.1. The predicted molar refractivity (Wildman–Crippen MR) is 72.8 cm³/mol. The van der Waals surface area contributed by atoms with E-state index in [9.17, 15) is 0 Å². The summed E-state index contributed by atoms with van der Waals surface area (Å²) in [5, 5.41) is 0.906. The van der Waals surface area contributed by atoms with Crippen molar-refractivity contribution in [1.29, 1.82) is 0 Å². The number of rotatable bonds is 11. The van der Waals surface area contributed by atoms with E-state index in [2.05, 4.69) is 38.5 Å². The Morgan fingerprint density at radius 3 is 2.07 bits per heavy atom. The maximum Gasteiger partial charge on any atom is 0.0700 e. The first-order valence-corrected chi connectivity index (χ1v) is 7.84. The lowest BCUT2D eigenvalue weighted by molar-refractivity contribution is 0.0525. The summed E-state index contributed by atoms with van der Waals surface area (Å²) in [5.74, 6) is 0. The van der Waals surface area contributed by atoms with Gasteiger partial charge in [0, 0.05) is 11.9 Å². The number of ether oxygens (including phenoxy) is 2. The minimum Gasteiger partial charge on any atom is -0.379 e. The highest BCUT2D eigenvalue weighted by Crippen LogP contribution is 2.02. The molecule has 0 radical (unpaired) electrons. The first-order chi connectivity index (χ1) is 6.91. The quantitative estimate of drug-likeness (QED) is 0.311. The van der Waals surface area contributed by atoms with E-state index in [1.807, 2.05) is 0 Å². The Morgan fingerprint density at radius 1 is 0.786 bits per heavy atom. The molecule has 0 aliphatic carbocycles. The summed E-state index contributed by atoms with van der Waals surface area (Å²) >= 11 is 5.72. The van der Waals surface area contributed by atoms with E-state index in [4.69, 9.17) is 9.47 Å². The van der Waals surface area contributed by atoms with Crippen LogP contribution in [0.4, 0.5) is 0 Å². The summed E-state index contributed by atoms with van der Waals surface area (Å²) < 4.78 is 12.0. The predicted octanol–water partition coefficient (Wildman–Crippen LogP) is 3.41. The van der Waals surface area contributed by atoms with Gasteiger partial charge in [-0.05, 0) is 17.3 Å². The molecule has 0 N–H and O–H groups in total. The van der Waals surface area contributed by atoms with Crippen molar-refractivity contribution in [2.24, 2.45) is 0 Å². The Balaban J connectivity index is 2.78. The van der Waals surface area contributed by atoms with Gasteiger partial charge < -0.3 is 9.47 Å². The summed E-state index contributed by atoms with van der Waals surface area (Å²) in [6, 6.07) is 0. The van der Waals surface area contributed by atoms with Crippen molar-refractivity contribution in [2.75, 3.05) is 36.2 Å². The smallest absolute Gasteiger partial charge is 0.0700 e. The van der Waals surface area contributed by atoms with Gasteiger partial charge in [0.25, 0.3) is 0 Å². The first kappa shape index (κ1) is 15.1. The number of halogens is 2. The molecule has 0 bridgehead atoms. The first-order valence-electron chi connectivity index (χ1n) is 5.19. The van der Waals surface area contributed by atoms with Crippen molar-refractivity contribution in [2.45, 2.75) is 25.7 Å². The van der Waals surface area contributed by atoms with Gasteiger partial charge in [-0.1, -0.05) is 51.4 Å². The van der Waals surface area contributed by atoms with Gasteiger partial charge in [0.05, 0.1) is 19.8 Å². The van der Waals surface area contributed by atoms with Crippen LogP contribution in [0.1, 0.15) is 25.7 Å². The van der Waals surface area contributed by atoms with Crippen LogP contribution >= 0.6 is 38.5 Å². The van der Waals surface area contributed by atoms with Crippen molar-refractivity contribution in [3.8, 4) is 0 Å². The summed E-state index contributed by atoms with van der Waals surface area (Å²) in [6.45, 7) is 3.12. The zero-order valence-electron chi connectivity index (χ0n) is 8.64. The maximum atomic E-state index is 5.42. The van der Waals surface area contributed by atoms with E-state index < -0.39 is 0 Å². The number of alkyl halides is 2. The van der Waals surface area contributed by atoms with E-state index in [0.717, 1.165) is 31.8 Å². The maximum absolute atomic E-state index is 5.42. The molecule has 0 spiro atoms. The molecule has 0 rings (SSSR count). The monoisotopic (exact) mass is 378 g/mol. The number of hydrogen-bond donors (Lipinski definition) is 0. The van der Waals surface area contributed by atoms with Crippen molar-refractivity contribution in [1.82, 2.24) is 0 Å². The van der Waals surface area contributed by atoms with Crippen LogP contribution in [0, 0.1) is 0 Å². The van der Waals surface area contributed by atoms with Crippen LogP contribution < -0.4 is 0 Å². The molecule has 2 nitrogen and oxygen atoms in total. The molecular weight excluding hydrogens is 359 g/mol. The summed E-state index contributed by atoms with van der Waals surface area (Å²) in [6.07, 6.45) is 5.17. The highest BCUT2D eigenvalue weighted by Gasteiger charge is 1.91. The van der Waals surface area contributed by atoms with Crippen LogP contribution in [-0.2, 0) is 9.47 Å². The SMILES string of the molecule is BrCCOCCOCCCCCCI. The fourth-order valence-corrected chi connectivity index (χ4v) is 1.80. The topological polar surface area (TPSA) is 18.5 Å². The van der Waals surface area contributed by atoms with Crippen molar-refractivity contribution < 1.29 is 9.47 Å². The Labute approximate surface area is 109 Å². The van der Waals surface area contributed by atoms with Gasteiger partial charge in [0.2, 0.25) is 0 Å². The molecule has 0 fully saturated rings. The minimum absolute atomic E-state index is 0.722. The third-order valence-corrected chi connectivity index (χ3v) is 2.85. The third-order valence-electron chi connectivity index (χ3n) is 1.77. The summed E-state index contributed by atoms with van der Waals surface area (Å²) in [7, 11) is 0. The van der Waals surface area contributed by atoms with E-state index in [-0.39, 0.29) is 0 Å². The van der Waals surface area contributed by atoms with Crippen LogP contribution in [-0.4, -0.2) is 36.2 Å². The molecule has 0 unspecified atom stereocenters. The molecule has 86 valence electrons. The van der Waals surface area contributed by atoms with Gasteiger partial charge in [0.1, 0.15) is 0 Å². The van der Waals surface area contributed by atoms with Crippen LogP contribution in [0.25, 0.3) is 0 Å². The highest BCUT2D eigenvalue weighted by molar-refractivity contribution is 14.1. The lowest BCUT2D eigenvalue weighted by Crippen LogP contribution is -2.06. The standard InChI is InChI=1S/C10H20BrIO2/c11-5-8-14-10-9-13-7-4-2-1-3-6-12/h1-10H2.